The predicted molar refractivity (Wildman–Crippen MR) is 141 cm³/mol. The number of benzene rings is 2. The lowest BCUT2D eigenvalue weighted by atomic mass is 9.88. The Morgan fingerprint density at radius 3 is 2.14 bits per heavy atom. The molecule has 0 radical (unpaired) electrons. The molecule has 4 rings (SSSR count). The minimum atomic E-state index is -5.02. The second-order valence-corrected chi connectivity index (χ2v) is 11.1. The van der Waals surface area contributed by atoms with E-state index in [1.165, 1.54) is 31.0 Å². The Morgan fingerprint density at radius 1 is 0.976 bits per heavy atom. The van der Waals surface area contributed by atoms with Gasteiger partial charge in [-0.25, -0.2) is 9.18 Å². The SMILES string of the molecule is Cc1cc(F)ccc1C1C[C@@H](N2CCN(C)CC2=O)CCN1C(=O)N(C)[C@H](C)c1cc(C(F)(F)F)cc(C(F)(F)F)c1. The van der Waals surface area contributed by atoms with Crippen LogP contribution < -0.4 is 0 Å². The van der Waals surface area contributed by atoms with E-state index in [4.69, 9.17) is 0 Å². The van der Waals surface area contributed by atoms with Gasteiger partial charge >= 0.3 is 18.4 Å². The first-order valence-electron chi connectivity index (χ1n) is 13.5. The summed E-state index contributed by atoms with van der Waals surface area (Å²) in [6.45, 7) is 4.69. The van der Waals surface area contributed by atoms with E-state index in [0.717, 1.165) is 4.90 Å². The average molecular weight is 603 g/mol. The molecule has 2 aromatic rings. The van der Waals surface area contributed by atoms with Crippen LogP contribution in [-0.4, -0.2) is 77.9 Å². The fourth-order valence-electron chi connectivity index (χ4n) is 5.77. The lowest BCUT2D eigenvalue weighted by molar-refractivity contribution is -0.143. The highest BCUT2D eigenvalue weighted by molar-refractivity contribution is 5.79. The summed E-state index contributed by atoms with van der Waals surface area (Å²) in [5, 5.41) is 0. The summed E-state index contributed by atoms with van der Waals surface area (Å²) in [6.07, 6.45) is -9.27. The first-order chi connectivity index (χ1) is 19.5. The second-order valence-electron chi connectivity index (χ2n) is 11.1. The molecule has 6 nitrogen and oxygen atoms in total. The van der Waals surface area contributed by atoms with Crippen molar-refractivity contribution >= 4 is 11.9 Å². The number of carbonyl (C=O) groups excluding carboxylic acids is 2. The third-order valence-electron chi connectivity index (χ3n) is 8.28. The third kappa shape index (κ3) is 6.66. The summed E-state index contributed by atoms with van der Waals surface area (Å²) in [4.78, 5) is 33.0. The van der Waals surface area contributed by atoms with Crippen LogP contribution in [0.4, 0.5) is 35.5 Å². The van der Waals surface area contributed by atoms with Crippen LogP contribution in [0.1, 0.15) is 59.7 Å². The Morgan fingerprint density at radius 2 is 1.60 bits per heavy atom. The van der Waals surface area contributed by atoms with Gasteiger partial charge in [-0.2, -0.15) is 26.3 Å². The normalized spacial score (nSPS) is 21.5. The van der Waals surface area contributed by atoms with Gasteiger partial charge in [0, 0.05) is 32.7 Å². The highest BCUT2D eigenvalue weighted by Crippen LogP contribution is 2.40. The second kappa shape index (κ2) is 11.7. The number of aryl methyl sites for hydroxylation is 1. The molecule has 230 valence electrons. The summed E-state index contributed by atoms with van der Waals surface area (Å²) >= 11 is 0. The number of likely N-dealkylation sites (N-methyl/N-ethyl adjacent to an activating group) is 1. The molecule has 3 amide bonds. The van der Waals surface area contributed by atoms with Crippen molar-refractivity contribution in [1.29, 1.82) is 0 Å². The van der Waals surface area contributed by atoms with Crippen molar-refractivity contribution in [2.45, 2.75) is 57.2 Å². The maximum Gasteiger partial charge on any atom is 0.416 e. The van der Waals surface area contributed by atoms with E-state index in [1.807, 2.05) is 11.9 Å². The van der Waals surface area contributed by atoms with Crippen LogP contribution in [-0.2, 0) is 17.1 Å². The van der Waals surface area contributed by atoms with Crippen LogP contribution in [0, 0.1) is 12.7 Å². The number of alkyl halides is 6. The molecule has 1 unspecified atom stereocenters. The van der Waals surface area contributed by atoms with Gasteiger partial charge in [0.2, 0.25) is 5.91 Å². The van der Waals surface area contributed by atoms with E-state index in [2.05, 4.69) is 0 Å². The average Bonchev–Trinajstić information content (AvgIpc) is 2.90. The summed E-state index contributed by atoms with van der Waals surface area (Å²) in [5.41, 5.74) is -2.02. The molecule has 0 bridgehead atoms. The molecular formula is C29H33F7N4O2. The minimum absolute atomic E-state index is 0.0427. The van der Waals surface area contributed by atoms with Crippen molar-refractivity contribution in [3.05, 3.63) is 70.0 Å². The molecule has 2 saturated heterocycles. The summed E-state index contributed by atoms with van der Waals surface area (Å²) in [5.74, 6) is -0.509. The summed E-state index contributed by atoms with van der Waals surface area (Å²) < 4.78 is 94.9. The zero-order valence-corrected chi connectivity index (χ0v) is 23.7. The highest BCUT2D eigenvalue weighted by atomic mass is 19.4. The number of hydrogen-bond acceptors (Lipinski definition) is 3. The Labute approximate surface area is 239 Å². The summed E-state index contributed by atoms with van der Waals surface area (Å²) in [6, 6.07) is 2.90. The van der Waals surface area contributed by atoms with E-state index in [9.17, 15) is 40.3 Å². The Balaban J connectivity index is 1.66. The zero-order valence-electron chi connectivity index (χ0n) is 23.7. The predicted octanol–water partition coefficient (Wildman–Crippen LogP) is 6.26. The highest BCUT2D eigenvalue weighted by Gasteiger charge is 2.41. The Bertz CT molecular complexity index is 1300. The zero-order chi connectivity index (χ0) is 31.1. The monoisotopic (exact) mass is 602 g/mol. The number of nitrogens with zero attached hydrogens (tertiary/aromatic N) is 4. The largest absolute Gasteiger partial charge is 0.416 e. The van der Waals surface area contributed by atoms with Gasteiger partial charge in [0.05, 0.1) is 29.8 Å². The lowest BCUT2D eigenvalue weighted by Crippen LogP contribution is -2.57. The van der Waals surface area contributed by atoms with E-state index in [-0.39, 0.29) is 36.7 Å². The van der Waals surface area contributed by atoms with Crippen LogP contribution in [0.25, 0.3) is 0 Å². The van der Waals surface area contributed by atoms with Crippen LogP contribution in [0.15, 0.2) is 36.4 Å². The lowest BCUT2D eigenvalue weighted by Gasteiger charge is -2.47. The summed E-state index contributed by atoms with van der Waals surface area (Å²) in [7, 11) is 3.17. The minimum Gasteiger partial charge on any atom is -0.337 e. The van der Waals surface area contributed by atoms with Crippen LogP contribution >= 0.6 is 0 Å². The molecule has 2 aliphatic rings. The molecule has 0 saturated carbocycles. The molecule has 2 heterocycles. The first kappa shape index (κ1) is 31.6. The number of hydrogen-bond donors (Lipinski definition) is 0. The van der Waals surface area contributed by atoms with Gasteiger partial charge in [-0.15, -0.1) is 0 Å². The van der Waals surface area contributed by atoms with Crippen molar-refractivity contribution in [3.63, 3.8) is 0 Å². The number of amides is 3. The molecule has 2 aliphatic heterocycles. The number of carbonyl (C=O) groups is 2. The molecule has 3 atom stereocenters. The Hall–Kier alpha value is -3.35. The maximum atomic E-state index is 14.0. The van der Waals surface area contributed by atoms with Gasteiger partial charge in [0.15, 0.2) is 0 Å². The molecule has 2 aromatic carbocycles. The molecule has 0 N–H and O–H groups in total. The maximum absolute atomic E-state index is 14.0. The standard InChI is InChI=1S/C29H33F7N4O2/c1-17-11-22(30)5-6-24(17)25-15-23(39-10-9-37(3)16-26(39)41)7-8-40(25)27(42)38(4)18(2)19-12-20(28(31,32)33)14-21(13-19)29(34,35)36/h5-6,11-14,18,23,25H,7-10,15-16H2,1-4H3/t18-,23+,25?/m1/s1. The number of urea groups is 1. The fraction of sp³-hybridized carbons (Fsp3) is 0.517. The number of likely N-dealkylation sites (tertiary alicyclic amines) is 1. The molecule has 0 aliphatic carbocycles. The number of piperazine rings is 1. The molecule has 0 aromatic heterocycles. The fourth-order valence-corrected chi connectivity index (χ4v) is 5.77. The Kier molecular flexibility index (Phi) is 8.82. The van der Waals surface area contributed by atoms with Crippen molar-refractivity contribution in [3.8, 4) is 0 Å². The van der Waals surface area contributed by atoms with Crippen molar-refractivity contribution in [2.24, 2.45) is 0 Å². The molecule has 0 spiro atoms. The van der Waals surface area contributed by atoms with Gasteiger partial charge in [0.25, 0.3) is 0 Å². The van der Waals surface area contributed by atoms with Gasteiger partial charge < -0.3 is 14.7 Å². The van der Waals surface area contributed by atoms with Crippen LogP contribution in [0.5, 0.6) is 0 Å². The topological polar surface area (TPSA) is 47.1 Å². The smallest absolute Gasteiger partial charge is 0.337 e. The molecular weight excluding hydrogens is 569 g/mol. The van der Waals surface area contributed by atoms with Gasteiger partial charge in [-0.05, 0) is 80.8 Å². The van der Waals surface area contributed by atoms with Crippen molar-refractivity contribution in [1.82, 2.24) is 19.6 Å². The number of rotatable bonds is 4. The van der Waals surface area contributed by atoms with E-state index in [1.54, 1.807) is 17.9 Å². The number of halogens is 7. The third-order valence-corrected chi connectivity index (χ3v) is 8.28. The number of piperidine rings is 1. The van der Waals surface area contributed by atoms with E-state index in [0.29, 0.717) is 49.2 Å². The molecule has 13 heteroatoms. The van der Waals surface area contributed by atoms with E-state index >= 15 is 0 Å². The van der Waals surface area contributed by atoms with Gasteiger partial charge in [-0.1, -0.05) is 6.07 Å². The van der Waals surface area contributed by atoms with Crippen molar-refractivity contribution < 1.29 is 40.3 Å². The molecule has 42 heavy (non-hydrogen) atoms. The van der Waals surface area contributed by atoms with Crippen LogP contribution in [0.2, 0.25) is 0 Å². The van der Waals surface area contributed by atoms with Crippen molar-refractivity contribution in [2.75, 3.05) is 40.3 Å². The van der Waals surface area contributed by atoms with Gasteiger partial charge in [0.1, 0.15) is 5.82 Å². The van der Waals surface area contributed by atoms with Gasteiger partial charge in [-0.3, -0.25) is 9.69 Å². The quantitative estimate of drug-likeness (QED) is 0.388. The van der Waals surface area contributed by atoms with Crippen LogP contribution in [0.3, 0.4) is 0 Å². The molecule has 2 fully saturated rings. The van der Waals surface area contributed by atoms with E-state index < -0.39 is 47.4 Å². The first-order valence-corrected chi connectivity index (χ1v) is 13.5.